The van der Waals surface area contributed by atoms with Crippen molar-refractivity contribution in [3.63, 3.8) is 0 Å². The smallest absolute Gasteiger partial charge is 0.341 e. The largest absolute Gasteiger partial charge is 0.465 e. The molecule has 1 aromatic heterocycles. The second-order valence-corrected chi connectivity index (χ2v) is 8.57. The van der Waals surface area contributed by atoms with Crippen molar-refractivity contribution in [2.45, 2.75) is 13.3 Å². The number of nitrogens with one attached hydrogen (secondary N) is 1. The van der Waals surface area contributed by atoms with E-state index in [0.29, 0.717) is 33.5 Å². The molecule has 0 spiro atoms. The first-order chi connectivity index (χ1) is 15.5. The van der Waals surface area contributed by atoms with Gasteiger partial charge in [0.25, 0.3) is 0 Å². The van der Waals surface area contributed by atoms with Gasteiger partial charge in [0.1, 0.15) is 5.00 Å². The van der Waals surface area contributed by atoms with Crippen LogP contribution in [0.5, 0.6) is 11.5 Å². The molecule has 1 aliphatic heterocycles. The van der Waals surface area contributed by atoms with Crippen molar-refractivity contribution < 1.29 is 23.8 Å². The van der Waals surface area contributed by atoms with Crippen LogP contribution in [-0.2, 0) is 16.0 Å². The fourth-order valence-electron chi connectivity index (χ4n) is 3.33. The van der Waals surface area contributed by atoms with Crippen molar-refractivity contribution in [1.29, 1.82) is 0 Å². The lowest BCUT2D eigenvalue weighted by molar-refractivity contribution is -0.111. The Morgan fingerprint density at radius 1 is 1.19 bits per heavy atom. The molecule has 0 saturated carbocycles. The third kappa shape index (κ3) is 4.64. The number of methoxy groups -OCH3 is 1. The van der Waals surface area contributed by atoms with Crippen molar-refractivity contribution in [3.8, 4) is 11.5 Å². The zero-order valence-electron chi connectivity index (χ0n) is 17.4. The van der Waals surface area contributed by atoms with Crippen LogP contribution >= 0.6 is 22.9 Å². The van der Waals surface area contributed by atoms with E-state index in [4.69, 9.17) is 25.8 Å². The summed E-state index contributed by atoms with van der Waals surface area (Å²) >= 11 is 7.48. The summed E-state index contributed by atoms with van der Waals surface area (Å²) in [5.74, 6) is 0.542. The molecule has 0 radical (unpaired) electrons. The van der Waals surface area contributed by atoms with E-state index in [1.165, 1.54) is 24.5 Å². The molecule has 2 aromatic carbocycles. The highest BCUT2D eigenvalue weighted by molar-refractivity contribution is 7.17. The number of benzene rings is 2. The number of rotatable bonds is 6. The zero-order chi connectivity index (χ0) is 22.7. The topological polar surface area (TPSA) is 73.9 Å². The van der Waals surface area contributed by atoms with Gasteiger partial charge >= 0.3 is 5.97 Å². The maximum atomic E-state index is 12.6. The molecule has 6 nitrogen and oxygen atoms in total. The van der Waals surface area contributed by atoms with Crippen LogP contribution in [-0.4, -0.2) is 25.8 Å². The number of ether oxygens (including phenoxy) is 3. The SMILES string of the molecule is COC(=O)c1c(NC(=O)/C=C\c2ccccc2Cl)sc(Cc2ccc3c(c2)OCO3)c1C. The van der Waals surface area contributed by atoms with Crippen LogP contribution in [0.3, 0.4) is 0 Å². The van der Waals surface area contributed by atoms with Gasteiger partial charge in [0.05, 0.1) is 12.7 Å². The van der Waals surface area contributed by atoms with Gasteiger partial charge in [-0.05, 0) is 47.9 Å². The number of amides is 1. The number of carbonyl (C=O) groups is 2. The van der Waals surface area contributed by atoms with Crippen LogP contribution in [0.15, 0.2) is 48.5 Å². The Labute approximate surface area is 194 Å². The number of thiophene rings is 1. The monoisotopic (exact) mass is 469 g/mol. The predicted molar refractivity (Wildman–Crippen MR) is 125 cm³/mol. The van der Waals surface area contributed by atoms with E-state index in [1.807, 2.05) is 43.3 Å². The average Bonchev–Trinajstić information content (AvgIpc) is 3.37. The maximum Gasteiger partial charge on any atom is 0.341 e. The van der Waals surface area contributed by atoms with Crippen LogP contribution in [0, 0.1) is 6.92 Å². The molecule has 32 heavy (non-hydrogen) atoms. The Kier molecular flexibility index (Phi) is 6.48. The summed E-state index contributed by atoms with van der Waals surface area (Å²) in [6.07, 6.45) is 3.58. The standard InChI is InChI=1S/C24H20ClNO5S/c1-14-20(12-15-7-9-18-19(11-15)31-13-30-18)32-23(22(14)24(28)29-2)26-21(27)10-8-16-5-3-4-6-17(16)25/h3-11H,12-13H2,1-2H3,(H,26,27)/b10-8-. The summed E-state index contributed by atoms with van der Waals surface area (Å²) in [7, 11) is 1.32. The highest BCUT2D eigenvalue weighted by Gasteiger charge is 2.23. The van der Waals surface area contributed by atoms with E-state index in [9.17, 15) is 9.59 Å². The number of halogens is 1. The number of anilines is 1. The molecular formula is C24H20ClNO5S. The third-order valence-corrected chi connectivity index (χ3v) is 6.54. The molecular weight excluding hydrogens is 450 g/mol. The lowest BCUT2D eigenvalue weighted by Gasteiger charge is -2.04. The van der Waals surface area contributed by atoms with E-state index < -0.39 is 5.97 Å². The Balaban J connectivity index is 1.58. The van der Waals surface area contributed by atoms with Gasteiger partial charge in [-0.25, -0.2) is 4.79 Å². The molecule has 0 aliphatic carbocycles. The van der Waals surface area contributed by atoms with Crippen LogP contribution in [0.1, 0.15) is 31.9 Å². The molecule has 164 valence electrons. The van der Waals surface area contributed by atoms with Crippen molar-refractivity contribution in [2.75, 3.05) is 19.2 Å². The van der Waals surface area contributed by atoms with E-state index in [-0.39, 0.29) is 12.7 Å². The lowest BCUT2D eigenvalue weighted by Crippen LogP contribution is -2.11. The molecule has 4 rings (SSSR count). The van der Waals surface area contributed by atoms with Gasteiger partial charge in [0, 0.05) is 22.4 Å². The lowest BCUT2D eigenvalue weighted by atomic mass is 10.1. The first-order valence-corrected chi connectivity index (χ1v) is 11.0. The summed E-state index contributed by atoms with van der Waals surface area (Å²) in [6, 6.07) is 13.0. The van der Waals surface area contributed by atoms with Crippen LogP contribution in [0.4, 0.5) is 5.00 Å². The highest BCUT2D eigenvalue weighted by Crippen LogP contribution is 2.37. The van der Waals surface area contributed by atoms with Crippen molar-refractivity contribution in [1.82, 2.24) is 0 Å². The molecule has 0 bridgehead atoms. The summed E-state index contributed by atoms with van der Waals surface area (Å²) in [5.41, 5.74) is 2.85. The molecule has 1 aliphatic rings. The molecule has 1 amide bonds. The number of carbonyl (C=O) groups excluding carboxylic acids is 2. The molecule has 1 N–H and O–H groups in total. The number of hydrogen-bond acceptors (Lipinski definition) is 6. The Morgan fingerprint density at radius 3 is 2.75 bits per heavy atom. The molecule has 0 unspecified atom stereocenters. The van der Waals surface area contributed by atoms with E-state index >= 15 is 0 Å². The molecule has 0 fully saturated rings. The van der Waals surface area contributed by atoms with Gasteiger partial charge < -0.3 is 19.5 Å². The fraction of sp³-hybridized carbons (Fsp3) is 0.167. The molecule has 0 saturated heterocycles. The van der Waals surface area contributed by atoms with Crippen LogP contribution in [0.2, 0.25) is 5.02 Å². The normalized spacial score (nSPS) is 12.2. The number of hydrogen-bond donors (Lipinski definition) is 1. The quantitative estimate of drug-likeness (QED) is 0.383. The summed E-state index contributed by atoms with van der Waals surface area (Å²) in [5, 5.41) is 3.80. The number of fused-ring (bicyclic) bond motifs is 1. The van der Waals surface area contributed by atoms with Gasteiger partial charge in [0.2, 0.25) is 12.7 Å². The second kappa shape index (κ2) is 9.46. The van der Waals surface area contributed by atoms with Crippen molar-refractivity contribution in [2.24, 2.45) is 0 Å². The second-order valence-electron chi connectivity index (χ2n) is 7.05. The van der Waals surface area contributed by atoms with E-state index in [2.05, 4.69) is 5.32 Å². The van der Waals surface area contributed by atoms with Crippen molar-refractivity contribution in [3.05, 3.63) is 80.7 Å². The molecule has 8 heteroatoms. The summed E-state index contributed by atoms with van der Waals surface area (Å²) in [6.45, 7) is 2.06. The van der Waals surface area contributed by atoms with E-state index in [0.717, 1.165) is 21.6 Å². The van der Waals surface area contributed by atoms with Crippen molar-refractivity contribution >= 4 is 45.9 Å². The predicted octanol–water partition coefficient (Wildman–Crippen LogP) is 5.47. The average molecular weight is 470 g/mol. The first-order valence-electron chi connectivity index (χ1n) is 9.79. The van der Waals surface area contributed by atoms with E-state index in [1.54, 1.807) is 12.1 Å². The Hall–Kier alpha value is -3.29. The molecule has 2 heterocycles. The zero-order valence-corrected chi connectivity index (χ0v) is 19.0. The molecule has 0 atom stereocenters. The third-order valence-electron chi connectivity index (χ3n) is 4.99. The van der Waals surface area contributed by atoms with Gasteiger partial charge in [-0.15, -0.1) is 11.3 Å². The highest BCUT2D eigenvalue weighted by atomic mass is 35.5. The van der Waals surface area contributed by atoms with Crippen LogP contribution < -0.4 is 14.8 Å². The minimum atomic E-state index is -0.499. The minimum Gasteiger partial charge on any atom is -0.465 e. The maximum absolute atomic E-state index is 12.6. The van der Waals surface area contributed by atoms with Gasteiger partial charge in [-0.3, -0.25) is 4.79 Å². The minimum absolute atomic E-state index is 0.210. The Bertz CT molecular complexity index is 1220. The number of esters is 1. The van der Waals surface area contributed by atoms with Gasteiger partial charge in [0.15, 0.2) is 11.5 Å². The first kappa shape index (κ1) is 21.9. The van der Waals surface area contributed by atoms with Gasteiger partial charge in [-0.2, -0.15) is 0 Å². The molecule has 3 aromatic rings. The van der Waals surface area contributed by atoms with Crippen LogP contribution in [0.25, 0.3) is 6.08 Å². The summed E-state index contributed by atoms with van der Waals surface area (Å²) in [4.78, 5) is 25.9. The Morgan fingerprint density at radius 2 is 1.97 bits per heavy atom. The van der Waals surface area contributed by atoms with Gasteiger partial charge in [-0.1, -0.05) is 35.9 Å². The summed E-state index contributed by atoms with van der Waals surface area (Å²) < 4.78 is 15.8. The fourth-order valence-corrected chi connectivity index (χ4v) is 4.76.